The van der Waals surface area contributed by atoms with E-state index >= 15 is 4.39 Å². The van der Waals surface area contributed by atoms with Gasteiger partial charge in [-0.15, -0.1) is 0 Å². The van der Waals surface area contributed by atoms with Gasteiger partial charge in [0.25, 0.3) is 11.8 Å². The van der Waals surface area contributed by atoms with Gasteiger partial charge < -0.3 is 5.32 Å². The second-order valence-corrected chi connectivity index (χ2v) is 10.3. The van der Waals surface area contributed by atoms with Gasteiger partial charge in [0.1, 0.15) is 17.9 Å². The maximum absolute atomic E-state index is 15.4. The van der Waals surface area contributed by atoms with Crippen molar-refractivity contribution in [1.82, 2.24) is 10.3 Å². The molecule has 0 unspecified atom stereocenters. The highest BCUT2D eigenvalue weighted by atomic mass is 19.3. The predicted octanol–water partition coefficient (Wildman–Crippen LogP) is 4.72. The summed E-state index contributed by atoms with van der Waals surface area (Å²) in [4.78, 5) is 47.3. The number of aryl methyl sites for hydroxylation is 1. The lowest BCUT2D eigenvalue weighted by Gasteiger charge is -2.39. The molecule has 42 heavy (non-hydrogen) atoms. The first-order valence-electron chi connectivity index (χ1n) is 13.2. The topological polar surface area (TPSA) is 106 Å². The second kappa shape index (κ2) is 11.2. The summed E-state index contributed by atoms with van der Waals surface area (Å²) in [6.07, 6.45) is -0.0448. The molecule has 1 aliphatic carbocycles. The van der Waals surface area contributed by atoms with E-state index in [-0.39, 0.29) is 29.8 Å². The van der Waals surface area contributed by atoms with E-state index in [1.54, 1.807) is 25.1 Å². The van der Waals surface area contributed by atoms with Crippen LogP contribution in [0.25, 0.3) is 0 Å². The quantitative estimate of drug-likeness (QED) is 0.408. The number of alkyl halides is 2. The number of carbonyl (C=O) groups excluding carboxylic acids is 3. The number of nitriles is 1. The van der Waals surface area contributed by atoms with E-state index < -0.39 is 71.9 Å². The summed E-state index contributed by atoms with van der Waals surface area (Å²) < 4.78 is 57.2. The molecule has 2 fully saturated rings. The first kappa shape index (κ1) is 28.7. The molecule has 0 bridgehead atoms. The van der Waals surface area contributed by atoms with Crippen LogP contribution in [0.15, 0.2) is 60.8 Å². The zero-order valence-corrected chi connectivity index (χ0v) is 22.4. The highest BCUT2D eigenvalue weighted by molar-refractivity contribution is 6.10. The number of aromatic nitrogens is 1. The van der Waals surface area contributed by atoms with Crippen LogP contribution in [0.2, 0.25) is 0 Å². The van der Waals surface area contributed by atoms with Gasteiger partial charge in [0.15, 0.2) is 11.6 Å². The minimum Gasteiger partial charge on any atom is -0.351 e. The van der Waals surface area contributed by atoms with Crippen molar-refractivity contribution >= 4 is 29.2 Å². The highest BCUT2D eigenvalue weighted by Gasteiger charge is 2.49. The fourth-order valence-corrected chi connectivity index (χ4v) is 5.38. The Morgan fingerprint density at radius 1 is 1.14 bits per heavy atom. The number of halogens is 4. The number of pyridine rings is 1. The zero-order valence-electron chi connectivity index (χ0n) is 22.4. The summed E-state index contributed by atoms with van der Waals surface area (Å²) in [6, 6.07) is 10.5. The molecule has 1 saturated heterocycles. The molecule has 8 nitrogen and oxygen atoms in total. The Morgan fingerprint density at radius 3 is 2.57 bits per heavy atom. The lowest BCUT2D eigenvalue weighted by Crippen LogP contribution is -2.56. The second-order valence-electron chi connectivity index (χ2n) is 10.3. The Kier molecular flexibility index (Phi) is 7.69. The number of carbonyl (C=O) groups is 3. The van der Waals surface area contributed by atoms with Gasteiger partial charge in [-0.2, -0.15) is 5.26 Å². The molecule has 1 saturated carbocycles. The molecule has 2 aliphatic rings. The van der Waals surface area contributed by atoms with Gasteiger partial charge in [-0.1, -0.05) is 30.3 Å². The smallest absolute Gasteiger partial charge is 0.252 e. The summed E-state index contributed by atoms with van der Waals surface area (Å²) in [7, 11) is 0. The molecule has 216 valence electrons. The van der Waals surface area contributed by atoms with Crippen LogP contribution < -0.4 is 15.1 Å². The van der Waals surface area contributed by atoms with Gasteiger partial charge >= 0.3 is 0 Å². The van der Waals surface area contributed by atoms with Crippen molar-refractivity contribution in [3.8, 4) is 6.07 Å². The van der Waals surface area contributed by atoms with E-state index in [1.807, 2.05) is 6.07 Å². The fraction of sp³-hybridized carbons (Fsp3) is 0.300. The Hall–Kier alpha value is -4.79. The lowest BCUT2D eigenvalue weighted by molar-refractivity contribution is -0.133. The van der Waals surface area contributed by atoms with Gasteiger partial charge in [-0.05, 0) is 48.7 Å². The van der Waals surface area contributed by atoms with Gasteiger partial charge in [-0.3, -0.25) is 24.2 Å². The summed E-state index contributed by atoms with van der Waals surface area (Å²) in [6.45, 7) is 1.65. The molecule has 1 aliphatic heterocycles. The minimum atomic E-state index is -2.95. The molecule has 3 aromatic rings. The van der Waals surface area contributed by atoms with Crippen molar-refractivity contribution in [1.29, 1.82) is 5.26 Å². The van der Waals surface area contributed by atoms with Crippen molar-refractivity contribution in [2.24, 2.45) is 0 Å². The molecule has 0 spiro atoms. The molecule has 2 aromatic carbocycles. The summed E-state index contributed by atoms with van der Waals surface area (Å²) in [5.41, 5.74) is 0.376. The van der Waals surface area contributed by atoms with Gasteiger partial charge in [0.2, 0.25) is 11.8 Å². The van der Waals surface area contributed by atoms with Crippen LogP contribution >= 0.6 is 0 Å². The van der Waals surface area contributed by atoms with Crippen LogP contribution in [0.3, 0.4) is 0 Å². The van der Waals surface area contributed by atoms with Crippen molar-refractivity contribution < 1.29 is 31.9 Å². The normalized spacial score (nSPS) is 18.6. The lowest BCUT2D eigenvalue weighted by atomic mass is 9.87. The Bertz CT molecular complexity index is 1600. The standard InChI is InChI=1S/C30H25F4N5O3/c1-17-5-2-3-6-20(17)27(28(41)37-19-14-30(33,34)15-19)39(22-8-4-7-21(31)26(22)32)29(42)23-9-10-25(40)38(23)24-13-18(16-35)11-12-36-24/h2-8,11-13,19,23,27H,9-10,14-15H2,1H3,(H,37,41)/t23-,27-/m0/s1. The summed E-state index contributed by atoms with van der Waals surface area (Å²) in [5.74, 6) is -7.93. The molecular weight excluding hydrogens is 554 g/mol. The Morgan fingerprint density at radius 2 is 1.88 bits per heavy atom. The van der Waals surface area contributed by atoms with Gasteiger partial charge in [0, 0.05) is 31.5 Å². The average Bonchev–Trinajstić information content (AvgIpc) is 3.34. The Balaban J connectivity index is 1.64. The van der Waals surface area contributed by atoms with Gasteiger partial charge in [-0.25, -0.2) is 22.5 Å². The molecule has 1 aromatic heterocycles. The zero-order chi connectivity index (χ0) is 30.2. The van der Waals surface area contributed by atoms with Crippen molar-refractivity contribution in [3.63, 3.8) is 0 Å². The van der Waals surface area contributed by atoms with Crippen LogP contribution in [0.5, 0.6) is 0 Å². The van der Waals surface area contributed by atoms with E-state index in [0.717, 1.165) is 21.9 Å². The third-order valence-corrected chi connectivity index (χ3v) is 7.47. The number of nitrogens with zero attached hydrogens (tertiary/aromatic N) is 4. The molecular formula is C30H25F4N5O3. The van der Waals surface area contributed by atoms with E-state index in [9.17, 15) is 32.8 Å². The SMILES string of the molecule is Cc1ccccc1[C@@H](C(=O)NC1CC(F)(F)C1)N(C(=O)[C@@H]1CCC(=O)N1c1cc(C#N)ccn1)c1cccc(F)c1F. The first-order chi connectivity index (χ1) is 20.0. The number of hydrogen-bond donors (Lipinski definition) is 1. The van der Waals surface area contributed by atoms with Crippen LogP contribution in [0, 0.1) is 29.9 Å². The van der Waals surface area contributed by atoms with Crippen LogP contribution in [-0.2, 0) is 14.4 Å². The van der Waals surface area contributed by atoms with E-state index in [1.165, 1.54) is 30.5 Å². The van der Waals surface area contributed by atoms with Crippen LogP contribution in [0.1, 0.15) is 48.4 Å². The maximum Gasteiger partial charge on any atom is 0.252 e. The van der Waals surface area contributed by atoms with Gasteiger partial charge in [0.05, 0.1) is 17.3 Å². The Labute approximate surface area is 238 Å². The molecule has 2 heterocycles. The number of rotatable bonds is 7. The maximum atomic E-state index is 15.4. The highest BCUT2D eigenvalue weighted by Crippen LogP contribution is 2.39. The minimum absolute atomic E-state index is 0.00292. The van der Waals surface area contributed by atoms with Crippen molar-refractivity contribution in [2.45, 2.75) is 56.7 Å². The molecule has 1 N–H and O–H groups in total. The summed E-state index contributed by atoms with van der Waals surface area (Å²) in [5, 5.41) is 11.9. The molecule has 12 heteroatoms. The monoisotopic (exact) mass is 579 g/mol. The number of nitrogens with one attached hydrogen (secondary N) is 1. The predicted molar refractivity (Wildman–Crippen MR) is 143 cm³/mol. The fourth-order valence-electron chi connectivity index (χ4n) is 5.38. The molecule has 0 radical (unpaired) electrons. The van der Waals surface area contributed by atoms with Crippen LogP contribution in [0.4, 0.5) is 29.1 Å². The summed E-state index contributed by atoms with van der Waals surface area (Å²) >= 11 is 0. The van der Waals surface area contributed by atoms with E-state index in [0.29, 0.717) is 5.56 Å². The van der Waals surface area contributed by atoms with E-state index in [2.05, 4.69) is 10.3 Å². The number of anilines is 2. The van der Waals surface area contributed by atoms with Crippen molar-refractivity contribution in [2.75, 3.05) is 9.80 Å². The third kappa shape index (κ3) is 5.42. The molecule has 2 atom stereocenters. The third-order valence-electron chi connectivity index (χ3n) is 7.47. The van der Waals surface area contributed by atoms with Crippen LogP contribution in [-0.4, -0.2) is 40.7 Å². The first-order valence-corrected chi connectivity index (χ1v) is 13.2. The molecule has 3 amide bonds. The van der Waals surface area contributed by atoms with E-state index in [4.69, 9.17) is 0 Å². The number of hydrogen-bond acceptors (Lipinski definition) is 5. The van der Waals surface area contributed by atoms with Crippen molar-refractivity contribution in [3.05, 3.63) is 89.1 Å². The molecule has 5 rings (SSSR count). The largest absolute Gasteiger partial charge is 0.351 e. The number of benzene rings is 2. The number of amides is 3. The average molecular weight is 580 g/mol.